The van der Waals surface area contributed by atoms with E-state index in [4.69, 9.17) is 58.0 Å². The molecule has 210 valence electrons. The van der Waals surface area contributed by atoms with Crippen molar-refractivity contribution in [3.05, 3.63) is 86.6 Å². The summed E-state index contributed by atoms with van der Waals surface area (Å²) < 4.78 is 39.0. The first kappa shape index (κ1) is 30.3. The fourth-order valence-corrected chi connectivity index (χ4v) is 5.26. The maximum atomic E-state index is 13.7. The van der Waals surface area contributed by atoms with Crippen molar-refractivity contribution in [1.29, 1.82) is 0 Å². The highest BCUT2D eigenvalue weighted by Crippen LogP contribution is 2.65. The van der Waals surface area contributed by atoms with Gasteiger partial charge >= 0.3 is 5.92 Å². The molecule has 3 N–H and O–H groups in total. The quantitative estimate of drug-likeness (QED) is 0.225. The topological polar surface area (TPSA) is 87.3 Å². The van der Waals surface area contributed by atoms with Gasteiger partial charge in [-0.2, -0.15) is 8.78 Å². The summed E-state index contributed by atoms with van der Waals surface area (Å²) in [6, 6.07) is 11.6. The van der Waals surface area contributed by atoms with Gasteiger partial charge in [-0.15, -0.1) is 23.2 Å². The number of halogens is 8. The summed E-state index contributed by atoms with van der Waals surface area (Å²) in [5.74, 6) is -9.12. The van der Waals surface area contributed by atoms with Crippen molar-refractivity contribution in [2.24, 2.45) is 5.92 Å². The fourth-order valence-electron chi connectivity index (χ4n) is 3.92. The largest absolute Gasteiger partial charge is 0.326 e. The zero-order valence-corrected chi connectivity index (χ0v) is 23.9. The minimum atomic E-state index is -3.76. The predicted molar refractivity (Wildman–Crippen MR) is 151 cm³/mol. The Morgan fingerprint density at radius 3 is 2.15 bits per heavy atom. The second-order valence-electron chi connectivity index (χ2n) is 8.97. The second kappa shape index (κ2) is 11.3. The van der Waals surface area contributed by atoms with E-state index in [2.05, 4.69) is 10.6 Å². The summed E-state index contributed by atoms with van der Waals surface area (Å²) in [6.45, 7) is 0.367. The molecule has 1 saturated carbocycles. The second-order valence-corrected chi connectivity index (χ2v) is 11.6. The molecule has 0 aliphatic heterocycles. The molecular weight excluding hydrogens is 637 g/mol. The lowest BCUT2D eigenvalue weighted by atomic mass is 10.1. The normalized spacial score (nSPS) is 17.6. The molecule has 0 heterocycles. The van der Waals surface area contributed by atoms with E-state index >= 15 is 0 Å². The molecule has 14 heteroatoms. The molecule has 6 nitrogen and oxygen atoms in total. The number of anilines is 3. The predicted octanol–water partition coefficient (Wildman–Crippen LogP) is 8.16. The zero-order chi connectivity index (χ0) is 29.6. The molecule has 1 fully saturated rings. The monoisotopic (exact) mass is 651 g/mol. The van der Waals surface area contributed by atoms with Crippen LogP contribution in [0.2, 0.25) is 15.1 Å². The maximum Gasteiger partial charge on any atom is 0.322 e. The van der Waals surface area contributed by atoms with Crippen LogP contribution in [0.5, 0.6) is 0 Å². The average Bonchev–Trinajstić information content (AvgIpc) is 3.44. The lowest BCUT2D eigenvalue weighted by Crippen LogP contribution is -2.31. The minimum Gasteiger partial charge on any atom is -0.326 e. The summed E-state index contributed by atoms with van der Waals surface area (Å²) in [4.78, 5) is 37.8. The third kappa shape index (κ3) is 6.44. The van der Waals surface area contributed by atoms with Crippen LogP contribution in [0.4, 0.5) is 30.2 Å². The van der Waals surface area contributed by atoms with E-state index < -0.39 is 51.3 Å². The van der Waals surface area contributed by atoms with Crippen LogP contribution in [0.1, 0.15) is 28.8 Å². The molecule has 2 unspecified atom stereocenters. The fraction of sp³-hybridized carbons (Fsp3) is 0.192. The van der Waals surface area contributed by atoms with Crippen molar-refractivity contribution < 1.29 is 27.6 Å². The van der Waals surface area contributed by atoms with Gasteiger partial charge in [0.2, 0.25) is 5.91 Å². The number of carbonyl (C=O) groups is 3. The van der Waals surface area contributed by atoms with Crippen LogP contribution in [0.15, 0.2) is 54.6 Å². The van der Waals surface area contributed by atoms with Gasteiger partial charge in [-0.05, 0) is 54.1 Å². The molecule has 3 aromatic rings. The Kier molecular flexibility index (Phi) is 8.55. The molecule has 0 radical (unpaired) electrons. The molecule has 0 bridgehead atoms. The first-order chi connectivity index (χ1) is 18.6. The highest BCUT2D eigenvalue weighted by Gasteiger charge is 2.67. The molecule has 0 saturated heterocycles. The van der Waals surface area contributed by atoms with E-state index in [0.717, 1.165) is 18.2 Å². The molecule has 1 aliphatic carbocycles. The Labute approximate surface area is 251 Å². The summed E-state index contributed by atoms with van der Waals surface area (Å²) >= 11 is 31.0. The standard InChI is InChI=1S/C26H17Cl5F3N3O3/c1-25(33,34)24(40)37-19-9-12(32)3-7-18(19)36-22(38)14-10-13(4-6-15(14)27)35-23(39)21-20(26(21,30)31)11-2-5-16(28)17(29)8-11/h2-10,20-21H,1H3,(H,35,39)(H,36,38)(H,37,40). The van der Waals surface area contributed by atoms with Gasteiger partial charge in [-0.3, -0.25) is 14.4 Å². The number of hydrogen-bond acceptors (Lipinski definition) is 3. The minimum absolute atomic E-state index is 0.0209. The van der Waals surface area contributed by atoms with Crippen LogP contribution in [-0.4, -0.2) is 28.0 Å². The summed E-state index contributed by atoms with van der Waals surface area (Å²) in [7, 11) is 0. The molecule has 0 aromatic heterocycles. The first-order valence-corrected chi connectivity index (χ1v) is 13.2. The van der Waals surface area contributed by atoms with Crippen molar-refractivity contribution in [2.75, 3.05) is 16.0 Å². The van der Waals surface area contributed by atoms with Crippen molar-refractivity contribution in [3.63, 3.8) is 0 Å². The Morgan fingerprint density at radius 1 is 0.825 bits per heavy atom. The van der Waals surface area contributed by atoms with Gasteiger partial charge in [0.1, 0.15) is 10.2 Å². The number of hydrogen-bond donors (Lipinski definition) is 3. The van der Waals surface area contributed by atoms with Crippen LogP contribution < -0.4 is 16.0 Å². The zero-order valence-electron chi connectivity index (χ0n) is 20.1. The van der Waals surface area contributed by atoms with E-state index in [1.807, 2.05) is 5.32 Å². The number of rotatable bonds is 7. The third-order valence-electron chi connectivity index (χ3n) is 5.99. The van der Waals surface area contributed by atoms with Crippen molar-refractivity contribution >= 4 is 92.8 Å². The van der Waals surface area contributed by atoms with E-state index in [1.54, 1.807) is 18.2 Å². The number of nitrogens with one attached hydrogen (secondary N) is 3. The Morgan fingerprint density at radius 2 is 1.50 bits per heavy atom. The van der Waals surface area contributed by atoms with Crippen molar-refractivity contribution in [1.82, 2.24) is 0 Å². The van der Waals surface area contributed by atoms with Gasteiger partial charge in [0.25, 0.3) is 11.8 Å². The molecular formula is C26H17Cl5F3N3O3. The van der Waals surface area contributed by atoms with Crippen molar-refractivity contribution in [2.45, 2.75) is 23.1 Å². The molecule has 2 atom stereocenters. The van der Waals surface area contributed by atoms with Crippen LogP contribution >= 0.6 is 58.0 Å². The highest BCUT2D eigenvalue weighted by molar-refractivity contribution is 6.53. The SMILES string of the molecule is CC(F)(F)C(=O)Nc1cc(F)ccc1NC(=O)c1cc(NC(=O)C2C(c3ccc(Cl)c(Cl)c3)C2(Cl)Cl)ccc1Cl. The third-order valence-corrected chi connectivity index (χ3v) is 8.00. The Bertz CT molecular complexity index is 1530. The molecule has 40 heavy (non-hydrogen) atoms. The van der Waals surface area contributed by atoms with Gasteiger partial charge in [0.05, 0.1) is 37.9 Å². The molecule has 0 spiro atoms. The maximum absolute atomic E-state index is 13.7. The Hall–Kier alpha value is -2.69. The van der Waals surface area contributed by atoms with Crippen LogP contribution in [0, 0.1) is 11.7 Å². The van der Waals surface area contributed by atoms with E-state index in [1.165, 1.54) is 18.2 Å². The van der Waals surface area contributed by atoms with Crippen molar-refractivity contribution in [3.8, 4) is 0 Å². The number of alkyl halides is 4. The molecule has 4 rings (SSSR count). The van der Waals surface area contributed by atoms with Crippen LogP contribution in [0.25, 0.3) is 0 Å². The van der Waals surface area contributed by atoms with Gasteiger partial charge < -0.3 is 16.0 Å². The molecule has 1 aliphatic rings. The van der Waals surface area contributed by atoms with Gasteiger partial charge in [0.15, 0.2) is 0 Å². The highest BCUT2D eigenvalue weighted by atomic mass is 35.5. The van der Waals surface area contributed by atoms with E-state index in [9.17, 15) is 27.6 Å². The lowest BCUT2D eigenvalue weighted by molar-refractivity contribution is -0.137. The van der Waals surface area contributed by atoms with Crippen LogP contribution in [-0.2, 0) is 9.59 Å². The molecule has 3 amide bonds. The first-order valence-electron chi connectivity index (χ1n) is 11.3. The lowest BCUT2D eigenvalue weighted by Gasteiger charge is -2.16. The molecule has 3 aromatic carbocycles. The van der Waals surface area contributed by atoms with E-state index in [-0.39, 0.29) is 27.0 Å². The van der Waals surface area contributed by atoms with Gasteiger partial charge in [0, 0.05) is 18.5 Å². The summed E-state index contributed by atoms with van der Waals surface area (Å²) in [6.07, 6.45) is 0. The number of amides is 3. The summed E-state index contributed by atoms with van der Waals surface area (Å²) in [5, 5.41) is 7.48. The average molecular weight is 654 g/mol. The van der Waals surface area contributed by atoms with Gasteiger partial charge in [-0.1, -0.05) is 40.9 Å². The Balaban J connectivity index is 1.52. The van der Waals surface area contributed by atoms with Crippen LogP contribution in [0.3, 0.4) is 0 Å². The summed E-state index contributed by atoms with van der Waals surface area (Å²) in [5.41, 5.74) is 0.0799. The number of benzene rings is 3. The van der Waals surface area contributed by atoms with E-state index in [0.29, 0.717) is 17.5 Å². The van der Waals surface area contributed by atoms with Gasteiger partial charge in [-0.25, -0.2) is 4.39 Å². The number of carbonyl (C=O) groups excluding carboxylic acids is 3. The smallest absolute Gasteiger partial charge is 0.322 e.